The summed E-state index contributed by atoms with van der Waals surface area (Å²) in [6.45, 7) is 5.05. The standard InChI is InChI=1S/C24H23N3O3/c1-3-30-22-9-6-18(13-16(22)2)23(28)26-20-7-8-21-17(14-20)10-12-27(21)24(29)19-5-4-11-25-15-19/h4-9,11,13-15H,3,10,12H2,1-2H3,(H,26,28). The number of hydrogen-bond donors (Lipinski definition) is 1. The molecule has 0 saturated heterocycles. The summed E-state index contributed by atoms with van der Waals surface area (Å²) in [6, 6.07) is 14.6. The molecule has 2 aromatic carbocycles. The number of benzene rings is 2. The normalized spacial score (nSPS) is 12.4. The van der Waals surface area contributed by atoms with Gasteiger partial charge in [0.15, 0.2) is 0 Å². The van der Waals surface area contributed by atoms with Crippen LogP contribution >= 0.6 is 0 Å². The number of aryl methyl sites for hydroxylation is 1. The molecule has 30 heavy (non-hydrogen) atoms. The predicted octanol–water partition coefficient (Wildman–Crippen LogP) is 4.24. The average molecular weight is 401 g/mol. The molecule has 0 saturated carbocycles. The highest BCUT2D eigenvalue weighted by Crippen LogP contribution is 2.32. The maximum atomic E-state index is 12.8. The number of ether oxygens (including phenoxy) is 1. The van der Waals surface area contributed by atoms with Gasteiger partial charge in [-0.15, -0.1) is 0 Å². The van der Waals surface area contributed by atoms with Crippen molar-refractivity contribution in [3.8, 4) is 5.75 Å². The number of carbonyl (C=O) groups excluding carboxylic acids is 2. The van der Waals surface area contributed by atoms with Gasteiger partial charge in [-0.2, -0.15) is 0 Å². The maximum absolute atomic E-state index is 12.8. The Labute approximate surface area is 175 Å². The number of amides is 2. The van der Waals surface area contributed by atoms with Crippen LogP contribution in [0.4, 0.5) is 11.4 Å². The second kappa shape index (κ2) is 8.37. The summed E-state index contributed by atoms with van der Waals surface area (Å²) in [5.41, 5.74) is 4.68. The average Bonchev–Trinajstić information content (AvgIpc) is 3.18. The Morgan fingerprint density at radius 3 is 2.73 bits per heavy atom. The van der Waals surface area contributed by atoms with Crippen LogP contribution in [0, 0.1) is 6.92 Å². The third kappa shape index (κ3) is 3.89. The third-order valence-electron chi connectivity index (χ3n) is 5.12. The highest BCUT2D eigenvalue weighted by Gasteiger charge is 2.26. The Balaban J connectivity index is 1.49. The number of fused-ring (bicyclic) bond motifs is 1. The van der Waals surface area contributed by atoms with E-state index in [9.17, 15) is 9.59 Å². The quantitative estimate of drug-likeness (QED) is 0.694. The van der Waals surface area contributed by atoms with Crippen molar-refractivity contribution in [2.24, 2.45) is 0 Å². The van der Waals surface area contributed by atoms with Crippen LogP contribution in [0.15, 0.2) is 60.9 Å². The van der Waals surface area contributed by atoms with Crippen molar-refractivity contribution in [3.05, 3.63) is 83.2 Å². The Kier molecular flexibility index (Phi) is 5.48. The first-order chi connectivity index (χ1) is 14.6. The van der Waals surface area contributed by atoms with E-state index in [1.165, 1.54) is 0 Å². The minimum absolute atomic E-state index is 0.0662. The first-order valence-corrected chi connectivity index (χ1v) is 9.96. The highest BCUT2D eigenvalue weighted by atomic mass is 16.5. The van der Waals surface area contributed by atoms with Gasteiger partial charge in [0.1, 0.15) is 5.75 Å². The third-order valence-corrected chi connectivity index (χ3v) is 5.12. The lowest BCUT2D eigenvalue weighted by molar-refractivity contribution is 0.0987. The Morgan fingerprint density at radius 1 is 1.13 bits per heavy atom. The van der Waals surface area contributed by atoms with Gasteiger partial charge in [0.05, 0.1) is 12.2 Å². The molecular weight excluding hydrogens is 378 g/mol. The first kappa shape index (κ1) is 19.6. The fourth-order valence-electron chi connectivity index (χ4n) is 3.65. The number of aromatic nitrogens is 1. The van der Waals surface area contributed by atoms with E-state index < -0.39 is 0 Å². The Morgan fingerprint density at radius 2 is 2.00 bits per heavy atom. The molecule has 4 rings (SSSR count). The van der Waals surface area contributed by atoms with E-state index in [0.717, 1.165) is 29.0 Å². The minimum Gasteiger partial charge on any atom is -0.494 e. The van der Waals surface area contributed by atoms with Gasteiger partial charge >= 0.3 is 0 Å². The minimum atomic E-state index is -0.178. The zero-order valence-corrected chi connectivity index (χ0v) is 17.0. The van der Waals surface area contributed by atoms with Gasteiger partial charge in [-0.1, -0.05) is 0 Å². The van der Waals surface area contributed by atoms with Crippen LogP contribution in [-0.4, -0.2) is 29.9 Å². The fraction of sp³-hybridized carbons (Fsp3) is 0.208. The largest absolute Gasteiger partial charge is 0.494 e. The molecule has 0 bridgehead atoms. The van der Waals surface area contributed by atoms with Gasteiger partial charge < -0.3 is 15.0 Å². The van der Waals surface area contributed by atoms with E-state index in [2.05, 4.69) is 10.3 Å². The highest BCUT2D eigenvalue weighted by molar-refractivity contribution is 6.08. The van der Waals surface area contributed by atoms with Crippen LogP contribution in [0.3, 0.4) is 0 Å². The molecule has 1 aliphatic rings. The summed E-state index contributed by atoms with van der Waals surface area (Å²) in [6.07, 6.45) is 3.97. The summed E-state index contributed by atoms with van der Waals surface area (Å²) < 4.78 is 5.53. The van der Waals surface area contributed by atoms with Gasteiger partial charge in [-0.25, -0.2) is 0 Å². The number of pyridine rings is 1. The zero-order valence-electron chi connectivity index (χ0n) is 17.0. The summed E-state index contributed by atoms with van der Waals surface area (Å²) in [7, 11) is 0. The van der Waals surface area contributed by atoms with Crippen LogP contribution in [0.25, 0.3) is 0 Å². The van der Waals surface area contributed by atoms with Crippen molar-refractivity contribution in [1.29, 1.82) is 0 Å². The number of nitrogens with zero attached hydrogens (tertiary/aromatic N) is 2. The van der Waals surface area contributed by atoms with Crippen LogP contribution in [0.2, 0.25) is 0 Å². The van der Waals surface area contributed by atoms with E-state index in [4.69, 9.17) is 4.74 Å². The van der Waals surface area contributed by atoms with E-state index in [1.807, 2.05) is 44.2 Å². The van der Waals surface area contributed by atoms with Crippen LogP contribution < -0.4 is 15.0 Å². The summed E-state index contributed by atoms with van der Waals surface area (Å²) >= 11 is 0. The molecule has 152 valence electrons. The lowest BCUT2D eigenvalue weighted by Gasteiger charge is -2.17. The second-order valence-electron chi connectivity index (χ2n) is 7.16. The molecule has 2 heterocycles. The topological polar surface area (TPSA) is 71.5 Å². The molecule has 0 radical (unpaired) electrons. The molecule has 3 aromatic rings. The summed E-state index contributed by atoms with van der Waals surface area (Å²) in [5, 5.41) is 2.95. The Hall–Kier alpha value is -3.67. The second-order valence-corrected chi connectivity index (χ2v) is 7.16. The van der Waals surface area contributed by atoms with E-state index in [0.29, 0.717) is 30.0 Å². The molecule has 6 nitrogen and oxygen atoms in total. The van der Waals surface area contributed by atoms with Crippen molar-refractivity contribution >= 4 is 23.2 Å². The maximum Gasteiger partial charge on any atom is 0.259 e. The fourth-order valence-corrected chi connectivity index (χ4v) is 3.65. The molecule has 1 N–H and O–H groups in total. The van der Waals surface area contributed by atoms with Gasteiger partial charge in [-0.05, 0) is 79.9 Å². The number of rotatable bonds is 5. The van der Waals surface area contributed by atoms with E-state index >= 15 is 0 Å². The number of hydrogen-bond acceptors (Lipinski definition) is 4. The molecule has 0 aliphatic carbocycles. The number of anilines is 2. The van der Waals surface area contributed by atoms with Gasteiger partial charge in [-0.3, -0.25) is 14.6 Å². The lowest BCUT2D eigenvalue weighted by Crippen LogP contribution is -2.28. The van der Waals surface area contributed by atoms with Crippen molar-refractivity contribution < 1.29 is 14.3 Å². The van der Waals surface area contributed by atoms with Crippen molar-refractivity contribution in [3.63, 3.8) is 0 Å². The molecule has 1 aromatic heterocycles. The van der Waals surface area contributed by atoms with Crippen LogP contribution in [0.5, 0.6) is 5.75 Å². The number of nitrogens with one attached hydrogen (secondary N) is 1. The van der Waals surface area contributed by atoms with Crippen molar-refractivity contribution in [2.45, 2.75) is 20.3 Å². The van der Waals surface area contributed by atoms with Crippen LogP contribution in [-0.2, 0) is 6.42 Å². The molecule has 1 aliphatic heterocycles. The SMILES string of the molecule is CCOc1ccc(C(=O)Nc2ccc3c(c2)CCN3C(=O)c2cccnc2)cc1C. The molecule has 0 spiro atoms. The number of carbonyl (C=O) groups is 2. The molecule has 0 atom stereocenters. The lowest BCUT2D eigenvalue weighted by atomic mass is 10.1. The molecule has 0 unspecified atom stereocenters. The summed E-state index contributed by atoms with van der Waals surface area (Å²) in [4.78, 5) is 31.2. The molecule has 0 fully saturated rings. The van der Waals surface area contributed by atoms with E-state index in [-0.39, 0.29) is 11.8 Å². The van der Waals surface area contributed by atoms with Crippen molar-refractivity contribution in [1.82, 2.24) is 4.98 Å². The smallest absolute Gasteiger partial charge is 0.259 e. The van der Waals surface area contributed by atoms with Gasteiger partial charge in [0, 0.05) is 35.9 Å². The molecule has 2 amide bonds. The van der Waals surface area contributed by atoms with E-state index in [1.54, 1.807) is 35.5 Å². The van der Waals surface area contributed by atoms with Crippen LogP contribution in [0.1, 0.15) is 38.8 Å². The Bertz CT molecular complexity index is 1100. The van der Waals surface area contributed by atoms with Crippen molar-refractivity contribution in [2.75, 3.05) is 23.4 Å². The van der Waals surface area contributed by atoms with Gasteiger partial charge in [0.25, 0.3) is 11.8 Å². The molecule has 6 heteroatoms. The zero-order chi connectivity index (χ0) is 21.1. The predicted molar refractivity (Wildman–Crippen MR) is 116 cm³/mol. The molecular formula is C24H23N3O3. The van der Waals surface area contributed by atoms with Gasteiger partial charge in [0.2, 0.25) is 0 Å². The first-order valence-electron chi connectivity index (χ1n) is 9.96. The monoisotopic (exact) mass is 401 g/mol. The summed E-state index contributed by atoms with van der Waals surface area (Å²) in [5.74, 6) is 0.538.